The molecule has 9 nitrogen and oxygen atoms in total. The molecule has 11 heteroatoms. The molecule has 2 aromatic rings. The van der Waals surface area contributed by atoms with Gasteiger partial charge in [-0.2, -0.15) is 9.39 Å². The number of amidine groups is 3. The van der Waals surface area contributed by atoms with E-state index >= 15 is 0 Å². The molecule has 2 aliphatic rings. The summed E-state index contributed by atoms with van der Waals surface area (Å²) in [5, 5.41) is 8.10. The molecule has 0 unspecified atom stereocenters. The Labute approximate surface area is 195 Å². The van der Waals surface area contributed by atoms with Gasteiger partial charge < -0.3 is 9.47 Å². The molecule has 170 valence electrons. The van der Waals surface area contributed by atoms with Gasteiger partial charge in [-0.3, -0.25) is 10.2 Å². The average Bonchev–Trinajstić information content (AvgIpc) is 3.20. The molecule has 0 fully saturated rings. The maximum atomic E-state index is 12.4. The van der Waals surface area contributed by atoms with E-state index in [0.29, 0.717) is 24.5 Å². The quantitative estimate of drug-likeness (QED) is 0.380. The number of hydrogen-bond acceptors (Lipinski definition) is 8. The van der Waals surface area contributed by atoms with Crippen LogP contribution in [0.5, 0.6) is 11.5 Å². The van der Waals surface area contributed by atoms with E-state index in [2.05, 4.69) is 9.39 Å². The fraction of sp³-hybridized carbons (Fsp3) is 0.182. The SMILES string of the molecule is Cc1cccc(OCCOc2ccc(/C=C3/C(=N)N4C(=NC3=O)SN=C4S(C)(=O)=O)cc2)c1. The van der Waals surface area contributed by atoms with E-state index in [4.69, 9.17) is 14.9 Å². The third kappa shape index (κ3) is 5.15. The molecule has 2 aromatic carbocycles. The Hall–Kier alpha value is -3.44. The van der Waals surface area contributed by atoms with E-state index in [-0.39, 0.29) is 21.7 Å². The predicted octanol–water partition coefficient (Wildman–Crippen LogP) is 3.07. The Morgan fingerprint density at radius 3 is 2.45 bits per heavy atom. The molecule has 0 aromatic heterocycles. The summed E-state index contributed by atoms with van der Waals surface area (Å²) in [5.74, 6) is 0.495. The van der Waals surface area contributed by atoms with E-state index in [1.54, 1.807) is 24.3 Å². The Bertz CT molecular complexity index is 1310. The summed E-state index contributed by atoms with van der Waals surface area (Å²) in [6, 6.07) is 14.7. The lowest BCUT2D eigenvalue weighted by atomic mass is 10.1. The number of sulfone groups is 1. The van der Waals surface area contributed by atoms with Crippen molar-refractivity contribution in [1.29, 1.82) is 5.41 Å². The molecular weight excluding hydrogens is 464 g/mol. The molecular formula is C22H20N4O5S2. The first-order valence-electron chi connectivity index (χ1n) is 9.83. The maximum Gasteiger partial charge on any atom is 0.283 e. The summed E-state index contributed by atoms with van der Waals surface area (Å²) < 4.78 is 39.1. The lowest BCUT2D eigenvalue weighted by Gasteiger charge is -2.23. The number of amides is 1. The van der Waals surface area contributed by atoms with Crippen molar-refractivity contribution in [2.24, 2.45) is 9.39 Å². The Balaban J connectivity index is 1.40. The van der Waals surface area contributed by atoms with Gasteiger partial charge in [-0.05, 0) is 48.4 Å². The highest BCUT2D eigenvalue weighted by atomic mass is 32.2. The van der Waals surface area contributed by atoms with Crippen LogP contribution in [0.4, 0.5) is 0 Å². The van der Waals surface area contributed by atoms with Crippen molar-refractivity contribution >= 4 is 49.9 Å². The number of aliphatic imine (C=N–C) groups is 1. The Morgan fingerprint density at radius 1 is 1.09 bits per heavy atom. The largest absolute Gasteiger partial charge is 0.490 e. The van der Waals surface area contributed by atoms with Gasteiger partial charge in [-0.25, -0.2) is 13.3 Å². The van der Waals surface area contributed by atoms with Crippen LogP contribution in [0.25, 0.3) is 6.08 Å². The number of rotatable bonds is 6. The summed E-state index contributed by atoms with van der Waals surface area (Å²) in [5.41, 5.74) is 1.72. The highest BCUT2D eigenvalue weighted by Crippen LogP contribution is 2.29. The zero-order valence-electron chi connectivity index (χ0n) is 17.8. The van der Waals surface area contributed by atoms with Crippen molar-refractivity contribution < 1.29 is 22.7 Å². The van der Waals surface area contributed by atoms with Crippen molar-refractivity contribution in [1.82, 2.24) is 4.90 Å². The predicted molar refractivity (Wildman–Crippen MR) is 128 cm³/mol. The molecule has 1 N–H and O–H groups in total. The van der Waals surface area contributed by atoms with Crippen molar-refractivity contribution in [2.75, 3.05) is 19.5 Å². The number of fused-ring (bicyclic) bond motifs is 1. The van der Waals surface area contributed by atoms with Gasteiger partial charge in [0.2, 0.25) is 20.2 Å². The number of nitrogens with one attached hydrogen (secondary N) is 1. The van der Waals surface area contributed by atoms with Crippen LogP contribution in [-0.2, 0) is 14.6 Å². The van der Waals surface area contributed by atoms with Gasteiger partial charge in [0.25, 0.3) is 5.91 Å². The number of benzene rings is 2. The van der Waals surface area contributed by atoms with Crippen LogP contribution < -0.4 is 9.47 Å². The van der Waals surface area contributed by atoms with Crippen LogP contribution >= 0.6 is 11.9 Å². The minimum absolute atomic E-state index is 0.0298. The second-order valence-corrected chi connectivity index (χ2v) is 9.90. The molecule has 0 bridgehead atoms. The zero-order chi connectivity index (χ0) is 23.6. The number of ether oxygens (including phenoxy) is 2. The normalized spacial score (nSPS) is 17.0. The van der Waals surface area contributed by atoms with Crippen molar-refractivity contribution in [2.45, 2.75) is 6.92 Å². The van der Waals surface area contributed by atoms with Crippen LogP contribution in [0.1, 0.15) is 11.1 Å². The molecule has 0 spiro atoms. The van der Waals surface area contributed by atoms with E-state index in [9.17, 15) is 13.2 Å². The molecule has 1 amide bonds. The van der Waals surface area contributed by atoms with Gasteiger partial charge in [0.1, 0.15) is 30.5 Å². The summed E-state index contributed by atoms with van der Waals surface area (Å²) in [4.78, 5) is 17.4. The van der Waals surface area contributed by atoms with Crippen LogP contribution in [0.15, 0.2) is 63.5 Å². The van der Waals surface area contributed by atoms with Gasteiger partial charge >= 0.3 is 0 Å². The smallest absolute Gasteiger partial charge is 0.283 e. The summed E-state index contributed by atoms with van der Waals surface area (Å²) >= 11 is 0.757. The fourth-order valence-corrected chi connectivity index (χ4v) is 4.93. The number of carbonyl (C=O) groups excluding carboxylic acids is 1. The lowest BCUT2D eigenvalue weighted by Crippen LogP contribution is -2.45. The first kappa shape index (κ1) is 22.7. The van der Waals surface area contributed by atoms with Gasteiger partial charge in [0.05, 0.1) is 17.5 Å². The molecule has 2 heterocycles. The van der Waals surface area contributed by atoms with Crippen LogP contribution in [0.3, 0.4) is 0 Å². The molecule has 0 aliphatic carbocycles. The summed E-state index contributed by atoms with van der Waals surface area (Å²) in [7, 11) is -3.69. The Kier molecular flexibility index (Phi) is 6.34. The molecule has 2 aliphatic heterocycles. The minimum Gasteiger partial charge on any atom is -0.490 e. The molecule has 0 saturated heterocycles. The van der Waals surface area contributed by atoms with Gasteiger partial charge in [0.15, 0.2) is 0 Å². The lowest BCUT2D eigenvalue weighted by molar-refractivity contribution is -0.114. The van der Waals surface area contributed by atoms with Gasteiger partial charge in [-0.1, -0.05) is 24.3 Å². The van der Waals surface area contributed by atoms with Crippen molar-refractivity contribution in [3.05, 3.63) is 65.2 Å². The van der Waals surface area contributed by atoms with E-state index < -0.39 is 15.7 Å². The molecule has 0 radical (unpaired) electrons. The topological polar surface area (TPSA) is 121 Å². The number of aryl methyl sites for hydroxylation is 1. The minimum atomic E-state index is -3.69. The molecule has 0 saturated carbocycles. The second-order valence-electron chi connectivity index (χ2n) is 7.26. The first-order chi connectivity index (χ1) is 15.7. The van der Waals surface area contributed by atoms with Crippen molar-refractivity contribution in [3.8, 4) is 11.5 Å². The van der Waals surface area contributed by atoms with Crippen LogP contribution in [0.2, 0.25) is 0 Å². The van der Waals surface area contributed by atoms with Crippen LogP contribution in [0, 0.1) is 12.3 Å². The van der Waals surface area contributed by atoms with Gasteiger partial charge in [0, 0.05) is 6.26 Å². The third-order valence-corrected chi connectivity index (χ3v) is 6.38. The Morgan fingerprint density at radius 2 is 1.79 bits per heavy atom. The molecule has 33 heavy (non-hydrogen) atoms. The second kappa shape index (κ2) is 9.20. The first-order valence-corrected chi connectivity index (χ1v) is 12.5. The number of carbonyl (C=O) groups is 1. The average molecular weight is 485 g/mol. The monoisotopic (exact) mass is 484 g/mol. The van der Waals surface area contributed by atoms with E-state index in [0.717, 1.165) is 34.4 Å². The maximum absolute atomic E-state index is 12.4. The van der Waals surface area contributed by atoms with Crippen molar-refractivity contribution in [3.63, 3.8) is 0 Å². The summed E-state index contributed by atoms with van der Waals surface area (Å²) in [6.07, 6.45) is 2.48. The summed E-state index contributed by atoms with van der Waals surface area (Å²) in [6.45, 7) is 2.74. The standard InChI is InChI=1S/C22H20N4O5S2/c1-14-4-3-5-17(12-14)31-11-10-30-16-8-6-15(7-9-16)13-18-19(23)26-21(24-20(18)27)32-25-22(26)33(2,28)29/h3-9,12-13,23H,10-11H2,1-2H3/b18-13-,23-19?. The van der Waals surface area contributed by atoms with E-state index in [1.807, 2.05) is 31.2 Å². The number of hydrogen-bond donors (Lipinski definition) is 1. The van der Waals surface area contributed by atoms with Crippen LogP contribution in [-0.4, -0.2) is 54.9 Å². The van der Waals surface area contributed by atoms with E-state index in [1.165, 1.54) is 6.08 Å². The number of nitrogens with zero attached hydrogens (tertiary/aromatic N) is 3. The zero-order valence-corrected chi connectivity index (χ0v) is 19.4. The van der Waals surface area contributed by atoms with Gasteiger partial charge in [-0.15, -0.1) is 0 Å². The third-order valence-electron chi connectivity index (χ3n) is 4.63. The fourth-order valence-electron chi connectivity index (χ4n) is 3.09. The highest BCUT2D eigenvalue weighted by Gasteiger charge is 2.41. The highest BCUT2D eigenvalue weighted by molar-refractivity contribution is 8.16. The molecule has 4 rings (SSSR count). The molecule has 0 atom stereocenters.